The van der Waals surface area contributed by atoms with E-state index in [9.17, 15) is 0 Å². The standard InChI is InChI=1S/C19H33NO2/c1-19(2)15-7-6-14(10-15)17(19)11-18-21-13-16(22-18)12-20-8-4-3-5-9-20/h14-18H,3-13H2,1-2H3/t14-,15+,16-,17-,18-/m1/s1. The second-order valence-electron chi connectivity index (χ2n) is 8.82. The molecule has 0 aromatic heterocycles. The van der Waals surface area contributed by atoms with E-state index in [4.69, 9.17) is 9.47 Å². The second-order valence-corrected chi connectivity index (χ2v) is 8.82. The van der Waals surface area contributed by atoms with Gasteiger partial charge in [0, 0.05) is 13.0 Å². The van der Waals surface area contributed by atoms with Crippen LogP contribution in [0.15, 0.2) is 0 Å². The largest absolute Gasteiger partial charge is 0.350 e. The molecule has 3 heteroatoms. The van der Waals surface area contributed by atoms with Crippen LogP contribution in [-0.2, 0) is 9.47 Å². The van der Waals surface area contributed by atoms with Crippen LogP contribution in [0.4, 0.5) is 0 Å². The van der Waals surface area contributed by atoms with Crippen LogP contribution in [0.1, 0.15) is 58.8 Å². The third-order valence-corrected chi connectivity index (χ3v) is 7.22. The summed E-state index contributed by atoms with van der Waals surface area (Å²) < 4.78 is 12.3. The third-order valence-electron chi connectivity index (χ3n) is 7.22. The summed E-state index contributed by atoms with van der Waals surface area (Å²) in [6.45, 7) is 9.37. The maximum absolute atomic E-state index is 6.26. The van der Waals surface area contributed by atoms with Gasteiger partial charge in [-0.1, -0.05) is 20.3 Å². The number of rotatable bonds is 4. The first-order valence-electron chi connectivity index (χ1n) is 9.62. The number of ether oxygens (including phenoxy) is 2. The number of nitrogens with zero attached hydrogens (tertiary/aromatic N) is 1. The zero-order valence-electron chi connectivity index (χ0n) is 14.4. The van der Waals surface area contributed by atoms with Crippen LogP contribution in [0.2, 0.25) is 0 Å². The Hall–Kier alpha value is -0.120. The fourth-order valence-electron chi connectivity index (χ4n) is 5.83. The fraction of sp³-hybridized carbons (Fsp3) is 1.00. The van der Waals surface area contributed by atoms with Crippen LogP contribution in [0, 0.1) is 23.2 Å². The van der Waals surface area contributed by atoms with Gasteiger partial charge in [-0.2, -0.15) is 0 Å². The number of likely N-dealkylation sites (tertiary alicyclic amines) is 1. The van der Waals surface area contributed by atoms with Gasteiger partial charge >= 0.3 is 0 Å². The van der Waals surface area contributed by atoms with Crippen LogP contribution >= 0.6 is 0 Å². The molecule has 2 heterocycles. The molecule has 0 aromatic carbocycles. The van der Waals surface area contributed by atoms with Gasteiger partial charge in [-0.15, -0.1) is 0 Å². The Balaban J connectivity index is 1.28. The van der Waals surface area contributed by atoms with Crippen LogP contribution in [0.5, 0.6) is 0 Å². The van der Waals surface area contributed by atoms with E-state index >= 15 is 0 Å². The van der Waals surface area contributed by atoms with E-state index in [0.717, 1.165) is 37.3 Å². The summed E-state index contributed by atoms with van der Waals surface area (Å²) in [6.07, 6.45) is 9.99. The lowest BCUT2D eigenvalue weighted by Gasteiger charge is -2.39. The molecule has 3 nitrogen and oxygen atoms in total. The first-order chi connectivity index (χ1) is 10.6. The lowest BCUT2D eigenvalue weighted by molar-refractivity contribution is -0.0909. The molecule has 4 rings (SSSR count). The Kier molecular flexibility index (Phi) is 4.25. The van der Waals surface area contributed by atoms with E-state index in [1.807, 2.05) is 0 Å². The van der Waals surface area contributed by atoms with E-state index in [1.165, 1.54) is 51.6 Å². The Morgan fingerprint density at radius 2 is 1.91 bits per heavy atom. The van der Waals surface area contributed by atoms with Crippen LogP contribution in [0.3, 0.4) is 0 Å². The Morgan fingerprint density at radius 1 is 1.09 bits per heavy atom. The van der Waals surface area contributed by atoms with Gasteiger partial charge in [0.2, 0.25) is 0 Å². The van der Waals surface area contributed by atoms with Crippen LogP contribution in [0.25, 0.3) is 0 Å². The Morgan fingerprint density at radius 3 is 2.64 bits per heavy atom. The van der Waals surface area contributed by atoms with Crippen molar-refractivity contribution in [1.29, 1.82) is 0 Å². The maximum atomic E-state index is 6.26. The topological polar surface area (TPSA) is 21.7 Å². The molecular formula is C19H33NO2. The summed E-state index contributed by atoms with van der Waals surface area (Å²) >= 11 is 0. The minimum Gasteiger partial charge on any atom is -0.350 e. The normalized spacial score (nSPS) is 44.7. The van der Waals surface area contributed by atoms with Crippen LogP contribution in [-0.4, -0.2) is 43.5 Å². The smallest absolute Gasteiger partial charge is 0.158 e. The minimum atomic E-state index is 0.0680. The number of hydrogen-bond donors (Lipinski definition) is 0. The SMILES string of the molecule is CC1(C)[C@H]2CC[C@H](C2)[C@H]1C[C@@H]1OC[C@@H](CN2CCCCC2)O1. The van der Waals surface area contributed by atoms with E-state index in [0.29, 0.717) is 11.5 Å². The summed E-state index contributed by atoms with van der Waals surface area (Å²) in [6, 6.07) is 0. The van der Waals surface area contributed by atoms with Crippen molar-refractivity contribution < 1.29 is 9.47 Å². The number of piperidine rings is 1. The molecular weight excluding hydrogens is 274 g/mol. The Labute approximate surface area is 135 Å². The average molecular weight is 307 g/mol. The highest BCUT2D eigenvalue weighted by Gasteiger charge is 2.53. The van der Waals surface area contributed by atoms with Gasteiger partial charge in [0.15, 0.2) is 6.29 Å². The summed E-state index contributed by atoms with van der Waals surface area (Å²) in [7, 11) is 0. The molecule has 2 aliphatic carbocycles. The van der Waals surface area contributed by atoms with Crippen molar-refractivity contribution in [3.05, 3.63) is 0 Å². The van der Waals surface area contributed by atoms with Gasteiger partial charge in [0.1, 0.15) is 0 Å². The van der Waals surface area contributed by atoms with Gasteiger partial charge in [-0.25, -0.2) is 0 Å². The van der Waals surface area contributed by atoms with Crippen molar-refractivity contribution in [2.24, 2.45) is 23.2 Å². The lowest BCUT2D eigenvalue weighted by Crippen LogP contribution is -2.38. The molecule has 0 unspecified atom stereocenters. The summed E-state index contributed by atoms with van der Waals surface area (Å²) in [5.74, 6) is 2.70. The second kappa shape index (κ2) is 6.07. The first-order valence-corrected chi connectivity index (χ1v) is 9.62. The summed E-state index contributed by atoms with van der Waals surface area (Å²) in [4.78, 5) is 2.57. The molecule has 126 valence electrons. The quantitative estimate of drug-likeness (QED) is 0.791. The molecule has 4 aliphatic rings. The number of fused-ring (bicyclic) bond motifs is 2. The molecule has 22 heavy (non-hydrogen) atoms. The van der Waals surface area contributed by atoms with Crippen molar-refractivity contribution in [2.45, 2.75) is 71.2 Å². The first kappa shape index (κ1) is 15.4. The van der Waals surface area contributed by atoms with E-state index in [-0.39, 0.29) is 6.29 Å². The average Bonchev–Trinajstić information content (AvgIpc) is 3.19. The molecule has 5 atom stereocenters. The number of hydrogen-bond acceptors (Lipinski definition) is 3. The maximum Gasteiger partial charge on any atom is 0.158 e. The molecule has 0 spiro atoms. The minimum absolute atomic E-state index is 0.0680. The van der Waals surface area contributed by atoms with Gasteiger partial charge in [-0.05, 0) is 68.4 Å². The molecule has 0 aromatic rings. The molecule has 0 N–H and O–H groups in total. The highest BCUT2D eigenvalue weighted by atomic mass is 16.7. The van der Waals surface area contributed by atoms with E-state index < -0.39 is 0 Å². The van der Waals surface area contributed by atoms with Crippen molar-refractivity contribution >= 4 is 0 Å². The van der Waals surface area contributed by atoms with Gasteiger partial charge in [0.05, 0.1) is 12.7 Å². The van der Waals surface area contributed by atoms with E-state index in [1.54, 1.807) is 0 Å². The van der Waals surface area contributed by atoms with Gasteiger partial charge in [-0.3, -0.25) is 0 Å². The summed E-state index contributed by atoms with van der Waals surface area (Å²) in [5, 5.41) is 0. The predicted molar refractivity (Wildman–Crippen MR) is 87.6 cm³/mol. The van der Waals surface area contributed by atoms with Crippen molar-refractivity contribution in [3.63, 3.8) is 0 Å². The predicted octanol–water partition coefficient (Wildman–Crippen LogP) is 3.68. The Bertz CT molecular complexity index is 391. The highest BCUT2D eigenvalue weighted by Crippen LogP contribution is 2.60. The fourth-order valence-corrected chi connectivity index (χ4v) is 5.83. The lowest BCUT2D eigenvalue weighted by atomic mass is 9.67. The third kappa shape index (κ3) is 2.85. The monoisotopic (exact) mass is 307 g/mol. The molecule has 0 radical (unpaired) electrons. The highest BCUT2D eigenvalue weighted by molar-refractivity contribution is 5.02. The molecule has 2 saturated heterocycles. The zero-order chi connectivity index (χ0) is 15.2. The van der Waals surface area contributed by atoms with E-state index in [2.05, 4.69) is 18.7 Å². The molecule has 2 bridgehead atoms. The van der Waals surface area contributed by atoms with Crippen molar-refractivity contribution in [3.8, 4) is 0 Å². The van der Waals surface area contributed by atoms with Crippen molar-refractivity contribution in [2.75, 3.05) is 26.2 Å². The molecule has 2 aliphatic heterocycles. The van der Waals surface area contributed by atoms with Crippen molar-refractivity contribution in [1.82, 2.24) is 4.90 Å². The van der Waals surface area contributed by atoms with Gasteiger partial charge < -0.3 is 14.4 Å². The molecule has 2 saturated carbocycles. The zero-order valence-corrected chi connectivity index (χ0v) is 14.4. The summed E-state index contributed by atoms with van der Waals surface area (Å²) in [5.41, 5.74) is 0.501. The van der Waals surface area contributed by atoms with Gasteiger partial charge in [0.25, 0.3) is 0 Å². The molecule has 0 amide bonds. The van der Waals surface area contributed by atoms with Crippen LogP contribution < -0.4 is 0 Å². The molecule has 4 fully saturated rings.